The lowest BCUT2D eigenvalue weighted by molar-refractivity contribution is -0.147. The van der Waals surface area contributed by atoms with E-state index in [0.29, 0.717) is 5.56 Å². The highest BCUT2D eigenvalue weighted by atomic mass is 16.6. The third-order valence-electron chi connectivity index (χ3n) is 1.98. The van der Waals surface area contributed by atoms with Crippen molar-refractivity contribution in [3.8, 4) is 0 Å². The van der Waals surface area contributed by atoms with E-state index in [1.807, 2.05) is 0 Å². The summed E-state index contributed by atoms with van der Waals surface area (Å²) in [6, 6.07) is 1.60. The lowest BCUT2D eigenvalue weighted by atomic mass is 10.1. The summed E-state index contributed by atoms with van der Waals surface area (Å²) in [6.45, 7) is 6.76. The SMILES string of the molecule is C=C(C(=O)OCC)C(OC(C)=O)c1ccoc1. The highest BCUT2D eigenvalue weighted by Gasteiger charge is 2.25. The quantitative estimate of drug-likeness (QED) is 0.579. The zero-order valence-electron chi connectivity index (χ0n) is 9.76. The van der Waals surface area contributed by atoms with Gasteiger partial charge in [0.1, 0.15) is 0 Å². The standard InChI is InChI=1S/C12H14O5/c1-4-16-12(14)8(2)11(17-9(3)13)10-5-6-15-7-10/h5-7,11H,2,4H2,1,3H3. The van der Waals surface area contributed by atoms with Crippen molar-refractivity contribution in [2.75, 3.05) is 6.61 Å². The lowest BCUT2D eigenvalue weighted by Crippen LogP contribution is -2.17. The summed E-state index contributed by atoms with van der Waals surface area (Å²) >= 11 is 0. The van der Waals surface area contributed by atoms with Crippen LogP contribution in [0.2, 0.25) is 0 Å². The first kappa shape index (κ1) is 13.0. The maximum absolute atomic E-state index is 11.5. The summed E-state index contributed by atoms with van der Waals surface area (Å²) in [7, 11) is 0. The van der Waals surface area contributed by atoms with Crippen LogP contribution < -0.4 is 0 Å². The van der Waals surface area contributed by atoms with Gasteiger partial charge in [-0.05, 0) is 13.0 Å². The summed E-state index contributed by atoms with van der Waals surface area (Å²) in [5.41, 5.74) is 0.599. The third kappa shape index (κ3) is 3.48. The molecule has 1 aromatic heterocycles. The van der Waals surface area contributed by atoms with Gasteiger partial charge >= 0.3 is 11.9 Å². The number of carbonyl (C=O) groups excluding carboxylic acids is 2. The molecule has 92 valence electrons. The Hall–Kier alpha value is -2.04. The van der Waals surface area contributed by atoms with Crippen molar-refractivity contribution in [3.05, 3.63) is 36.3 Å². The van der Waals surface area contributed by atoms with Crippen LogP contribution >= 0.6 is 0 Å². The fourth-order valence-electron chi connectivity index (χ4n) is 1.26. The fraction of sp³-hybridized carbons (Fsp3) is 0.333. The Morgan fingerprint density at radius 2 is 2.24 bits per heavy atom. The van der Waals surface area contributed by atoms with E-state index in [0.717, 1.165) is 0 Å². The number of hydrogen-bond donors (Lipinski definition) is 0. The number of rotatable bonds is 5. The molecule has 0 spiro atoms. The average Bonchev–Trinajstić information content (AvgIpc) is 2.78. The lowest BCUT2D eigenvalue weighted by Gasteiger charge is -2.16. The Labute approximate surface area is 99.0 Å². The summed E-state index contributed by atoms with van der Waals surface area (Å²) in [4.78, 5) is 22.5. The van der Waals surface area contributed by atoms with Gasteiger partial charge in [-0.25, -0.2) is 4.79 Å². The van der Waals surface area contributed by atoms with E-state index in [2.05, 4.69) is 6.58 Å². The van der Waals surface area contributed by atoms with Gasteiger partial charge in [-0.3, -0.25) is 4.79 Å². The minimum absolute atomic E-state index is 0.0588. The first-order valence-electron chi connectivity index (χ1n) is 5.11. The Balaban J connectivity index is 2.87. The minimum Gasteiger partial charge on any atom is -0.472 e. The molecular weight excluding hydrogens is 224 g/mol. The molecule has 0 amide bonds. The second kappa shape index (κ2) is 5.89. The first-order valence-corrected chi connectivity index (χ1v) is 5.11. The summed E-state index contributed by atoms with van der Waals surface area (Å²) in [6.07, 6.45) is 1.94. The number of furan rings is 1. The maximum atomic E-state index is 11.5. The topological polar surface area (TPSA) is 65.7 Å². The van der Waals surface area contributed by atoms with Gasteiger partial charge in [0.2, 0.25) is 0 Å². The third-order valence-corrected chi connectivity index (χ3v) is 1.98. The van der Waals surface area contributed by atoms with Crippen molar-refractivity contribution < 1.29 is 23.5 Å². The van der Waals surface area contributed by atoms with E-state index >= 15 is 0 Å². The maximum Gasteiger partial charge on any atom is 0.337 e. The van der Waals surface area contributed by atoms with E-state index in [4.69, 9.17) is 13.9 Å². The molecule has 1 rings (SSSR count). The molecule has 0 aliphatic rings. The summed E-state index contributed by atoms with van der Waals surface area (Å²) < 4.78 is 14.7. The monoisotopic (exact) mass is 238 g/mol. The minimum atomic E-state index is -0.870. The second-order valence-corrected chi connectivity index (χ2v) is 3.29. The van der Waals surface area contributed by atoms with E-state index in [9.17, 15) is 9.59 Å². The smallest absolute Gasteiger partial charge is 0.337 e. The Kier molecular flexibility index (Phi) is 4.51. The van der Waals surface area contributed by atoms with Crippen LogP contribution in [-0.4, -0.2) is 18.5 Å². The molecule has 0 aromatic carbocycles. The van der Waals surface area contributed by atoms with Crippen molar-refractivity contribution in [1.82, 2.24) is 0 Å². The fourth-order valence-corrected chi connectivity index (χ4v) is 1.26. The van der Waals surface area contributed by atoms with E-state index in [1.54, 1.807) is 13.0 Å². The predicted molar refractivity (Wildman–Crippen MR) is 59.0 cm³/mol. The van der Waals surface area contributed by atoms with Crippen molar-refractivity contribution in [1.29, 1.82) is 0 Å². The van der Waals surface area contributed by atoms with Crippen LogP contribution in [-0.2, 0) is 19.1 Å². The van der Waals surface area contributed by atoms with Gasteiger partial charge in [0.05, 0.1) is 24.7 Å². The van der Waals surface area contributed by atoms with E-state index < -0.39 is 18.0 Å². The van der Waals surface area contributed by atoms with Gasteiger partial charge in [0.15, 0.2) is 6.10 Å². The molecule has 0 saturated heterocycles. The second-order valence-electron chi connectivity index (χ2n) is 3.29. The molecule has 0 bridgehead atoms. The summed E-state index contributed by atoms with van der Waals surface area (Å²) in [5.74, 6) is -1.11. The molecule has 1 aromatic rings. The van der Waals surface area contributed by atoms with Crippen LogP contribution in [0.3, 0.4) is 0 Å². The zero-order valence-corrected chi connectivity index (χ0v) is 9.76. The number of hydrogen-bond acceptors (Lipinski definition) is 5. The van der Waals surface area contributed by atoms with E-state index in [1.165, 1.54) is 19.5 Å². The summed E-state index contributed by atoms with van der Waals surface area (Å²) in [5, 5.41) is 0. The molecule has 5 heteroatoms. The van der Waals surface area contributed by atoms with Crippen molar-refractivity contribution in [3.63, 3.8) is 0 Å². The molecule has 17 heavy (non-hydrogen) atoms. The Bertz CT molecular complexity index is 405. The van der Waals surface area contributed by atoms with Gasteiger partial charge < -0.3 is 13.9 Å². The van der Waals surface area contributed by atoms with Gasteiger partial charge in [-0.1, -0.05) is 6.58 Å². The molecule has 0 fully saturated rings. The van der Waals surface area contributed by atoms with E-state index in [-0.39, 0.29) is 12.2 Å². The van der Waals surface area contributed by atoms with Crippen LogP contribution in [0.1, 0.15) is 25.5 Å². The average molecular weight is 238 g/mol. The molecule has 0 radical (unpaired) electrons. The zero-order chi connectivity index (χ0) is 12.8. The van der Waals surface area contributed by atoms with Crippen molar-refractivity contribution >= 4 is 11.9 Å². The molecule has 0 aliphatic carbocycles. The number of esters is 2. The van der Waals surface area contributed by atoms with Crippen LogP contribution in [0.25, 0.3) is 0 Å². The molecule has 1 heterocycles. The Morgan fingerprint density at radius 3 is 2.71 bits per heavy atom. The highest BCUT2D eigenvalue weighted by molar-refractivity contribution is 5.89. The molecule has 0 aliphatic heterocycles. The predicted octanol–water partition coefficient (Wildman–Crippen LogP) is 2.00. The number of carbonyl (C=O) groups is 2. The van der Waals surface area contributed by atoms with Gasteiger partial charge in [-0.15, -0.1) is 0 Å². The van der Waals surface area contributed by atoms with Crippen LogP contribution in [0.5, 0.6) is 0 Å². The molecule has 1 unspecified atom stereocenters. The van der Waals surface area contributed by atoms with Gasteiger partial charge in [-0.2, -0.15) is 0 Å². The van der Waals surface area contributed by atoms with Crippen LogP contribution in [0.15, 0.2) is 35.2 Å². The molecule has 0 saturated carbocycles. The normalized spacial score (nSPS) is 11.6. The van der Waals surface area contributed by atoms with Crippen molar-refractivity contribution in [2.45, 2.75) is 20.0 Å². The molecule has 1 atom stereocenters. The van der Waals surface area contributed by atoms with Gasteiger partial charge in [0, 0.05) is 12.5 Å². The largest absolute Gasteiger partial charge is 0.472 e. The highest BCUT2D eigenvalue weighted by Crippen LogP contribution is 2.26. The van der Waals surface area contributed by atoms with Crippen LogP contribution in [0, 0.1) is 0 Å². The number of ether oxygens (including phenoxy) is 2. The van der Waals surface area contributed by atoms with Crippen LogP contribution in [0.4, 0.5) is 0 Å². The molecular formula is C12H14O5. The van der Waals surface area contributed by atoms with Gasteiger partial charge in [0.25, 0.3) is 0 Å². The molecule has 0 N–H and O–H groups in total. The Morgan fingerprint density at radius 1 is 1.53 bits per heavy atom. The molecule has 5 nitrogen and oxygen atoms in total. The first-order chi connectivity index (χ1) is 8.06. The van der Waals surface area contributed by atoms with Crippen molar-refractivity contribution in [2.24, 2.45) is 0 Å².